The average Bonchev–Trinajstić information content (AvgIpc) is 3.43. The molecule has 0 bridgehead atoms. The Morgan fingerprint density at radius 3 is 2.78 bits per heavy atom. The molecule has 3 aromatic heterocycles. The second-order valence-corrected chi connectivity index (χ2v) is 7.21. The number of hydrogen-bond donors (Lipinski definition) is 2. The number of rotatable bonds is 7. The first-order valence-corrected chi connectivity index (χ1v) is 10.1. The number of nitrogens with one attached hydrogen (secondary N) is 2. The summed E-state index contributed by atoms with van der Waals surface area (Å²) in [4.78, 5) is 21.0. The van der Waals surface area contributed by atoms with Gasteiger partial charge in [-0.2, -0.15) is 5.10 Å². The lowest BCUT2D eigenvalue weighted by atomic mass is 10.2. The predicted octanol–water partition coefficient (Wildman–Crippen LogP) is 3.75. The van der Waals surface area contributed by atoms with Crippen LogP contribution in [0.4, 0.5) is 10.2 Å². The first kappa shape index (κ1) is 19.7. The molecule has 160 valence electrons. The number of carbonyl (C=O) groups excluding carboxylic acids is 1. The number of nitrogens with zero attached hydrogens (tertiary/aromatic N) is 4. The van der Waals surface area contributed by atoms with E-state index in [4.69, 9.17) is 4.42 Å². The van der Waals surface area contributed by atoms with Gasteiger partial charge in [-0.25, -0.2) is 19.0 Å². The molecule has 0 unspecified atom stereocenters. The standard InChI is InChI=1S/C23H19FN6O2/c24-17-7-5-15(6-8-17)12-26-21-18-13-29-30(22(18)28-14-27-21)10-9-25-23(31)20-11-16-3-1-2-4-19(16)32-20/h1-8,11,13-14H,9-10,12H2,(H,25,31)(H,26,27,28). The molecule has 5 aromatic rings. The van der Waals surface area contributed by atoms with Crippen molar-refractivity contribution in [1.29, 1.82) is 0 Å². The molecule has 0 saturated heterocycles. The molecule has 0 aliphatic rings. The molecule has 1 amide bonds. The van der Waals surface area contributed by atoms with Crippen molar-refractivity contribution in [2.75, 3.05) is 11.9 Å². The SMILES string of the molecule is O=C(NCCn1ncc2c(NCc3ccc(F)cc3)ncnc21)c1cc2ccccc2o1. The number of anilines is 1. The maximum atomic E-state index is 13.1. The number of para-hydroxylation sites is 1. The number of fused-ring (bicyclic) bond motifs is 2. The smallest absolute Gasteiger partial charge is 0.287 e. The lowest BCUT2D eigenvalue weighted by Crippen LogP contribution is -2.27. The Hall–Kier alpha value is -4.27. The predicted molar refractivity (Wildman–Crippen MR) is 118 cm³/mol. The number of halogens is 1. The molecule has 0 radical (unpaired) electrons. The minimum atomic E-state index is -0.283. The lowest BCUT2D eigenvalue weighted by Gasteiger charge is -2.07. The van der Waals surface area contributed by atoms with Gasteiger partial charge >= 0.3 is 0 Å². The van der Waals surface area contributed by atoms with E-state index in [0.29, 0.717) is 36.7 Å². The number of carbonyl (C=O) groups is 1. The van der Waals surface area contributed by atoms with Crippen LogP contribution in [0.5, 0.6) is 0 Å². The molecule has 0 spiro atoms. The minimum absolute atomic E-state index is 0.270. The van der Waals surface area contributed by atoms with E-state index < -0.39 is 0 Å². The van der Waals surface area contributed by atoms with E-state index in [-0.39, 0.29) is 17.5 Å². The summed E-state index contributed by atoms with van der Waals surface area (Å²) in [6, 6.07) is 15.5. The van der Waals surface area contributed by atoms with E-state index in [9.17, 15) is 9.18 Å². The Bertz CT molecular complexity index is 1360. The summed E-state index contributed by atoms with van der Waals surface area (Å²) in [5.41, 5.74) is 2.26. The highest BCUT2D eigenvalue weighted by Gasteiger charge is 2.13. The molecule has 3 heterocycles. The third-order valence-electron chi connectivity index (χ3n) is 5.07. The Kier molecular flexibility index (Phi) is 5.20. The molecule has 0 atom stereocenters. The van der Waals surface area contributed by atoms with E-state index in [1.54, 1.807) is 29.1 Å². The van der Waals surface area contributed by atoms with Crippen LogP contribution in [0.2, 0.25) is 0 Å². The van der Waals surface area contributed by atoms with Crippen LogP contribution in [0.25, 0.3) is 22.0 Å². The van der Waals surface area contributed by atoms with E-state index in [0.717, 1.165) is 16.3 Å². The molecule has 0 aliphatic carbocycles. The number of aromatic nitrogens is 4. The zero-order valence-corrected chi connectivity index (χ0v) is 17.0. The van der Waals surface area contributed by atoms with Crippen molar-refractivity contribution in [3.8, 4) is 0 Å². The summed E-state index contributed by atoms with van der Waals surface area (Å²) in [7, 11) is 0. The minimum Gasteiger partial charge on any atom is -0.451 e. The van der Waals surface area contributed by atoms with Gasteiger partial charge in [0, 0.05) is 18.5 Å². The van der Waals surface area contributed by atoms with Crippen LogP contribution in [-0.2, 0) is 13.1 Å². The summed E-state index contributed by atoms with van der Waals surface area (Å²) in [6.45, 7) is 1.28. The van der Waals surface area contributed by atoms with Crippen molar-refractivity contribution < 1.29 is 13.6 Å². The van der Waals surface area contributed by atoms with E-state index >= 15 is 0 Å². The van der Waals surface area contributed by atoms with Crippen LogP contribution in [0.15, 0.2) is 71.5 Å². The molecule has 9 heteroatoms. The van der Waals surface area contributed by atoms with Gasteiger partial charge in [-0.3, -0.25) is 4.79 Å². The average molecular weight is 430 g/mol. The van der Waals surface area contributed by atoms with Crippen LogP contribution < -0.4 is 10.6 Å². The van der Waals surface area contributed by atoms with Crippen molar-refractivity contribution in [3.63, 3.8) is 0 Å². The van der Waals surface area contributed by atoms with Crippen molar-refractivity contribution >= 4 is 33.7 Å². The van der Waals surface area contributed by atoms with Crippen LogP contribution in [0, 0.1) is 5.82 Å². The molecular weight excluding hydrogens is 411 g/mol. The van der Waals surface area contributed by atoms with E-state index in [1.165, 1.54) is 18.5 Å². The molecule has 0 fully saturated rings. The van der Waals surface area contributed by atoms with Gasteiger partial charge in [0.15, 0.2) is 11.4 Å². The Labute approximate surface area is 182 Å². The summed E-state index contributed by atoms with van der Waals surface area (Å²) < 4.78 is 20.4. The fourth-order valence-electron chi connectivity index (χ4n) is 3.44. The van der Waals surface area contributed by atoms with Crippen LogP contribution >= 0.6 is 0 Å². The Morgan fingerprint density at radius 2 is 1.94 bits per heavy atom. The molecule has 32 heavy (non-hydrogen) atoms. The van der Waals surface area contributed by atoms with Gasteiger partial charge in [-0.05, 0) is 29.8 Å². The van der Waals surface area contributed by atoms with Crippen LogP contribution in [-0.4, -0.2) is 32.2 Å². The molecule has 0 saturated carbocycles. The topological polar surface area (TPSA) is 97.9 Å². The fraction of sp³-hybridized carbons (Fsp3) is 0.130. The highest BCUT2D eigenvalue weighted by molar-refractivity contribution is 5.96. The zero-order chi connectivity index (χ0) is 21.9. The highest BCUT2D eigenvalue weighted by Crippen LogP contribution is 2.20. The van der Waals surface area contributed by atoms with Crippen LogP contribution in [0.3, 0.4) is 0 Å². The maximum absolute atomic E-state index is 13.1. The number of furan rings is 1. The van der Waals surface area contributed by atoms with Crippen molar-refractivity contribution in [2.45, 2.75) is 13.1 Å². The van der Waals surface area contributed by atoms with Gasteiger partial charge < -0.3 is 15.1 Å². The second-order valence-electron chi connectivity index (χ2n) is 7.21. The molecule has 5 rings (SSSR count). The van der Waals surface area contributed by atoms with Crippen molar-refractivity contribution in [1.82, 2.24) is 25.1 Å². The summed E-state index contributed by atoms with van der Waals surface area (Å²) in [5.74, 6) is 0.351. The quantitative estimate of drug-likeness (QED) is 0.408. The number of amides is 1. The normalized spacial score (nSPS) is 11.2. The Morgan fingerprint density at radius 1 is 1.09 bits per heavy atom. The van der Waals surface area contributed by atoms with E-state index in [1.807, 2.05) is 24.3 Å². The second kappa shape index (κ2) is 8.46. The van der Waals surface area contributed by atoms with Gasteiger partial charge in [0.2, 0.25) is 0 Å². The molecular formula is C23H19FN6O2. The summed E-state index contributed by atoms with van der Waals surface area (Å²) in [5, 5.41) is 12.1. The molecule has 0 aliphatic heterocycles. The Balaban J connectivity index is 1.23. The molecule has 2 N–H and O–H groups in total. The molecule has 8 nitrogen and oxygen atoms in total. The number of benzene rings is 2. The van der Waals surface area contributed by atoms with Gasteiger partial charge in [0.25, 0.3) is 5.91 Å². The first-order chi connectivity index (χ1) is 15.7. The highest BCUT2D eigenvalue weighted by atomic mass is 19.1. The third-order valence-corrected chi connectivity index (χ3v) is 5.07. The van der Waals surface area contributed by atoms with Gasteiger partial charge in [-0.1, -0.05) is 30.3 Å². The summed E-state index contributed by atoms with van der Waals surface area (Å²) >= 11 is 0. The van der Waals surface area contributed by atoms with E-state index in [2.05, 4.69) is 25.7 Å². The third kappa shape index (κ3) is 4.00. The number of hydrogen-bond acceptors (Lipinski definition) is 6. The van der Waals surface area contributed by atoms with Crippen molar-refractivity contribution in [2.24, 2.45) is 0 Å². The van der Waals surface area contributed by atoms with Crippen LogP contribution in [0.1, 0.15) is 16.1 Å². The fourth-order valence-corrected chi connectivity index (χ4v) is 3.44. The zero-order valence-electron chi connectivity index (χ0n) is 17.0. The van der Waals surface area contributed by atoms with Crippen molar-refractivity contribution in [3.05, 3.63) is 84.3 Å². The first-order valence-electron chi connectivity index (χ1n) is 10.1. The lowest BCUT2D eigenvalue weighted by molar-refractivity contribution is 0.0926. The maximum Gasteiger partial charge on any atom is 0.287 e. The summed E-state index contributed by atoms with van der Waals surface area (Å²) in [6.07, 6.45) is 3.14. The molecule has 2 aromatic carbocycles. The monoisotopic (exact) mass is 430 g/mol. The van der Waals surface area contributed by atoms with Gasteiger partial charge in [-0.15, -0.1) is 0 Å². The largest absolute Gasteiger partial charge is 0.451 e. The van der Waals surface area contributed by atoms with Gasteiger partial charge in [0.1, 0.15) is 23.5 Å². The van der Waals surface area contributed by atoms with Gasteiger partial charge in [0.05, 0.1) is 18.1 Å².